The van der Waals surface area contributed by atoms with Gasteiger partial charge in [-0.05, 0) is 31.4 Å². The van der Waals surface area contributed by atoms with Crippen molar-refractivity contribution >= 4 is 11.7 Å². The van der Waals surface area contributed by atoms with E-state index in [9.17, 15) is 9.59 Å². The van der Waals surface area contributed by atoms with Gasteiger partial charge in [0.15, 0.2) is 5.78 Å². The highest BCUT2D eigenvalue weighted by molar-refractivity contribution is 6.09. The molecule has 0 saturated heterocycles. The molecule has 0 unspecified atom stereocenters. The first-order valence-electron chi connectivity index (χ1n) is 8.98. The number of ketones is 1. The molecule has 2 rings (SSSR count). The molecule has 3 nitrogen and oxygen atoms in total. The maximum atomic E-state index is 12.4. The van der Waals surface area contributed by atoms with Crippen LogP contribution in [0.3, 0.4) is 0 Å². The van der Waals surface area contributed by atoms with Crippen molar-refractivity contribution < 1.29 is 9.59 Å². The molecule has 0 spiro atoms. The van der Waals surface area contributed by atoms with Crippen LogP contribution in [0.15, 0.2) is 54.6 Å². The molecule has 0 aliphatic carbocycles. The lowest BCUT2D eigenvalue weighted by Crippen LogP contribution is -2.32. The van der Waals surface area contributed by atoms with Gasteiger partial charge in [-0.15, -0.1) is 0 Å². The van der Waals surface area contributed by atoms with Crippen molar-refractivity contribution in [2.45, 2.75) is 46.1 Å². The standard InChI is InChI=1S/C22H27NO2/c1-16(2)8-7-9-17(3)23-22(25)20-14-12-19(13-15-20)21(24)18-10-5-4-6-11-18/h4-6,10-17H,7-9H2,1-3H3,(H,23,25)/t17-/m1/s1. The van der Waals surface area contributed by atoms with E-state index in [2.05, 4.69) is 19.2 Å². The lowest BCUT2D eigenvalue weighted by atomic mass is 10.0. The monoisotopic (exact) mass is 337 g/mol. The molecule has 0 fully saturated rings. The van der Waals surface area contributed by atoms with Crippen molar-refractivity contribution in [1.29, 1.82) is 0 Å². The van der Waals surface area contributed by atoms with Crippen LogP contribution < -0.4 is 5.32 Å². The molecule has 0 saturated carbocycles. The Morgan fingerprint density at radius 3 is 1.96 bits per heavy atom. The summed E-state index contributed by atoms with van der Waals surface area (Å²) in [5.41, 5.74) is 1.83. The SMILES string of the molecule is CC(C)CCC[C@@H](C)NC(=O)c1ccc(C(=O)c2ccccc2)cc1. The molecule has 3 heteroatoms. The summed E-state index contributed by atoms with van der Waals surface area (Å²) >= 11 is 0. The van der Waals surface area contributed by atoms with Gasteiger partial charge < -0.3 is 5.32 Å². The summed E-state index contributed by atoms with van der Waals surface area (Å²) in [4.78, 5) is 24.7. The molecule has 132 valence electrons. The van der Waals surface area contributed by atoms with E-state index >= 15 is 0 Å². The van der Waals surface area contributed by atoms with Crippen molar-refractivity contribution in [2.24, 2.45) is 5.92 Å². The maximum Gasteiger partial charge on any atom is 0.251 e. The Bertz CT molecular complexity index is 690. The Balaban J connectivity index is 1.93. The molecule has 1 atom stereocenters. The normalized spacial score (nSPS) is 12.0. The largest absolute Gasteiger partial charge is 0.350 e. The Hall–Kier alpha value is -2.42. The van der Waals surface area contributed by atoms with E-state index in [1.54, 1.807) is 36.4 Å². The number of carbonyl (C=O) groups is 2. The summed E-state index contributed by atoms with van der Waals surface area (Å²) in [6.07, 6.45) is 3.27. The fraction of sp³-hybridized carbons (Fsp3) is 0.364. The summed E-state index contributed by atoms with van der Waals surface area (Å²) in [7, 11) is 0. The Morgan fingerprint density at radius 2 is 1.36 bits per heavy atom. The number of rotatable bonds is 8. The van der Waals surface area contributed by atoms with E-state index in [4.69, 9.17) is 0 Å². The molecule has 0 bridgehead atoms. The molecule has 2 aromatic carbocycles. The molecule has 0 aromatic heterocycles. The van der Waals surface area contributed by atoms with E-state index in [-0.39, 0.29) is 17.7 Å². The highest BCUT2D eigenvalue weighted by Gasteiger charge is 2.12. The first-order valence-corrected chi connectivity index (χ1v) is 8.98. The fourth-order valence-electron chi connectivity index (χ4n) is 2.74. The third-order valence-electron chi connectivity index (χ3n) is 4.24. The Morgan fingerprint density at radius 1 is 0.800 bits per heavy atom. The first kappa shape index (κ1) is 18.9. The van der Waals surface area contributed by atoms with Crippen molar-refractivity contribution in [3.05, 3.63) is 71.3 Å². The average Bonchev–Trinajstić information content (AvgIpc) is 2.61. The minimum atomic E-state index is -0.0873. The quantitative estimate of drug-likeness (QED) is 0.699. The van der Waals surface area contributed by atoms with Gasteiger partial charge in [-0.1, -0.05) is 69.2 Å². The fourth-order valence-corrected chi connectivity index (χ4v) is 2.74. The van der Waals surface area contributed by atoms with Gasteiger partial charge in [-0.25, -0.2) is 0 Å². The van der Waals surface area contributed by atoms with Crippen molar-refractivity contribution in [3.63, 3.8) is 0 Å². The van der Waals surface area contributed by atoms with Crippen molar-refractivity contribution in [3.8, 4) is 0 Å². The van der Waals surface area contributed by atoms with Crippen molar-refractivity contribution in [2.75, 3.05) is 0 Å². The average molecular weight is 337 g/mol. The minimum Gasteiger partial charge on any atom is -0.350 e. The molecular weight excluding hydrogens is 310 g/mol. The van der Waals surface area contributed by atoms with Crippen LogP contribution in [0.25, 0.3) is 0 Å². The second kappa shape index (κ2) is 9.16. The minimum absolute atomic E-state index is 0.0328. The van der Waals surface area contributed by atoms with E-state index in [1.807, 2.05) is 25.1 Å². The third kappa shape index (κ3) is 5.86. The van der Waals surface area contributed by atoms with Crippen LogP contribution in [0.4, 0.5) is 0 Å². The smallest absolute Gasteiger partial charge is 0.251 e. The highest BCUT2D eigenvalue weighted by Crippen LogP contribution is 2.12. The van der Waals surface area contributed by atoms with Gasteiger partial charge in [-0.2, -0.15) is 0 Å². The second-order valence-corrected chi connectivity index (χ2v) is 6.97. The van der Waals surface area contributed by atoms with Gasteiger partial charge in [-0.3, -0.25) is 9.59 Å². The van der Waals surface area contributed by atoms with Gasteiger partial charge in [0.05, 0.1) is 0 Å². The van der Waals surface area contributed by atoms with Crippen molar-refractivity contribution in [1.82, 2.24) is 5.32 Å². The van der Waals surface area contributed by atoms with Crippen LogP contribution in [-0.2, 0) is 0 Å². The molecule has 1 N–H and O–H groups in total. The zero-order chi connectivity index (χ0) is 18.2. The predicted octanol–water partition coefficient (Wildman–Crippen LogP) is 4.86. The summed E-state index contributed by atoms with van der Waals surface area (Å²) in [5, 5.41) is 3.03. The van der Waals surface area contributed by atoms with E-state index in [0.717, 1.165) is 12.8 Å². The van der Waals surface area contributed by atoms with Gasteiger partial charge in [0.25, 0.3) is 5.91 Å². The van der Waals surface area contributed by atoms with Crippen LogP contribution in [0.1, 0.15) is 66.3 Å². The number of hydrogen-bond acceptors (Lipinski definition) is 2. The van der Waals surface area contributed by atoms with Gasteiger partial charge in [0.2, 0.25) is 0 Å². The maximum absolute atomic E-state index is 12.4. The molecule has 0 heterocycles. The number of benzene rings is 2. The number of amides is 1. The molecule has 0 aliphatic rings. The third-order valence-corrected chi connectivity index (χ3v) is 4.24. The van der Waals surface area contributed by atoms with Gasteiger partial charge in [0.1, 0.15) is 0 Å². The zero-order valence-corrected chi connectivity index (χ0v) is 15.3. The topological polar surface area (TPSA) is 46.2 Å². The van der Waals surface area contributed by atoms with Crippen LogP contribution in [0, 0.1) is 5.92 Å². The lowest BCUT2D eigenvalue weighted by Gasteiger charge is -2.14. The Labute approximate surface area is 150 Å². The number of carbonyl (C=O) groups excluding carboxylic acids is 2. The summed E-state index contributed by atoms with van der Waals surface area (Å²) in [6.45, 7) is 6.45. The van der Waals surface area contributed by atoms with E-state index < -0.39 is 0 Å². The Kier molecular flexibility index (Phi) is 6.93. The zero-order valence-electron chi connectivity index (χ0n) is 15.3. The molecular formula is C22H27NO2. The highest BCUT2D eigenvalue weighted by atomic mass is 16.1. The molecule has 25 heavy (non-hydrogen) atoms. The number of nitrogens with one attached hydrogen (secondary N) is 1. The lowest BCUT2D eigenvalue weighted by molar-refractivity contribution is 0.0936. The van der Waals surface area contributed by atoms with Crippen LogP contribution in [0.5, 0.6) is 0 Å². The molecule has 0 aliphatic heterocycles. The second-order valence-electron chi connectivity index (χ2n) is 6.97. The number of hydrogen-bond donors (Lipinski definition) is 1. The van der Waals surface area contributed by atoms with E-state index in [1.165, 1.54) is 6.42 Å². The molecule has 0 radical (unpaired) electrons. The summed E-state index contributed by atoms with van der Waals surface area (Å²) < 4.78 is 0. The van der Waals surface area contributed by atoms with Gasteiger partial charge in [0, 0.05) is 22.7 Å². The van der Waals surface area contributed by atoms with Crippen LogP contribution in [0.2, 0.25) is 0 Å². The summed E-state index contributed by atoms with van der Waals surface area (Å²) in [5.74, 6) is 0.572. The molecule has 1 amide bonds. The van der Waals surface area contributed by atoms with Gasteiger partial charge >= 0.3 is 0 Å². The first-order chi connectivity index (χ1) is 12.0. The van der Waals surface area contributed by atoms with Crippen LogP contribution >= 0.6 is 0 Å². The predicted molar refractivity (Wildman–Crippen MR) is 102 cm³/mol. The summed E-state index contributed by atoms with van der Waals surface area (Å²) in [6, 6.07) is 16.2. The van der Waals surface area contributed by atoms with E-state index in [0.29, 0.717) is 22.6 Å². The molecule has 2 aromatic rings. The van der Waals surface area contributed by atoms with Crippen LogP contribution in [-0.4, -0.2) is 17.7 Å².